The Balaban J connectivity index is 1.93. The third-order valence-corrected chi connectivity index (χ3v) is 4.14. The van der Waals surface area contributed by atoms with E-state index in [0.717, 1.165) is 24.0 Å². The van der Waals surface area contributed by atoms with E-state index in [1.54, 1.807) is 31.2 Å². The molecule has 0 unspecified atom stereocenters. The van der Waals surface area contributed by atoms with Crippen LogP contribution in [0.1, 0.15) is 48.2 Å². The normalized spacial score (nSPS) is 11.6. The Morgan fingerprint density at radius 3 is 2.44 bits per heavy atom. The number of benzene rings is 2. The predicted octanol–water partition coefficient (Wildman–Crippen LogP) is 4.67. The first-order chi connectivity index (χ1) is 12.9. The lowest BCUT2D eigenvalue weighted by Crippen LogP contribution is -2.30. The van der Waals surface area contributed by atoms with E-state index in [1.165, 1.54) is 0 Å². The highest BCUT2D eigenvalue weighted by molar-refractivity contribution is 5.95. The van der Waals surface area contributed by atoms with Gasteiger partial charge in [-0.2, -0.15) is 0 Å². The molecule has 0 spiro atoms. The summed E-state index contributed by atoms with van der Waals surface area (Å²) in [6, 6.07) is 12.5. The van der Waals surface area contributed by atoms with Gasteiger partial charge in [0, 0.05) is 5.69 Å². The fourth-order valence-electron chi connectivity index (χ4n) is 2.40. The molecule has 1 atom stereocenters. The van der Waals surface area contributed by atoms with E-state index in [2.05, 4.69) is 5.32 Å². The zero-order chi connectivity index (χ0) is 19.8. The number of hydrogen-bond donors (Lipinski definition) is 1. The van der Waals surface area contributed by atoms with Gasteiger partial charge in [-0.3, -0.25) is 4.79 Å². The number of rotatable bonds is 8. The minimum Gasteiger partial charge on any atom is -0.481 e. The Kier molecular flexibility index (Phi) is 7.41. The number of unbranched alkanes of at least 4 members (excludes halogenated alkanes) is 1. The van der Waals surface area contributed by atoms with Gasteiger partial charge in [-0.15, -0.1) is 0 Å². The van der Waals surface area contributed by atoms with Gasteiger partial charge in [0.2, 0.25) is 0 Å². The average Bonchev–Trinajstić information content (AvgIpc) is 2.65. The molecule has 5 heteroatoms. The molecule has 0 saturated carbocycles. The molecule has 0 aliphatic carbocycles. The fourth-order valence-corrected chi connectivity index (χ4v) is 2.40. The SMILES string of the molecule is CCCCOC(=O)c1ccc(NC(=O)[C@H](C)Oc2cc(C)ccc2C)cc1. The number of hydrogen-bond acceptors (Lipinski definition) is 4. The van der Waals surface area contributed by atoms with Gasteiger partial charge in [0.15, 0.2) is 6.10 Å². The summed E-state index contributed by atoms with van der Waals surface area (Å²) in [7, 11) is 0. The minimum atomic E-state index is -0.649. The summed E-state index contributed by atoms with van der Waals surface area (Å²) >= 11 is 0. The summed E-state index contributed by atoms with van der Waals surface area (Å²) < 4.78 is 11.0. The van der Waals surface area contributed by atoms with E-state index in [9.17, 15) is 9.59 Å². The third-order valence-electron chi connectivity index (χ3n) is 4.14. The molecule has 1 amide bonds. The molecule has 0 aliphatic heterocycles. The van der Waals surface area contributed by atoms with Crippen LogP contribution in [0.2, 0.25) is 0 Å². The van der Waals surface area contributed by atoms with Crippen molar-refractivity contribution in [3.8, 4) is 5.75 Å². The van der Waals surface area contributed by atoms with Gasteiger partial charge < -0.3 is 14.8 Å². The van der Waals surface area contributed by atoms with Crippen LogP contribution in [0.4, 0.5) is 5.69 Å². The van der Waals surface area contributed by atoms with Gasteiger partial charge in [-0.25, -0.2) is 4.79 Å². The topological polar surface area (TPSA) is 64.6 Å². The van der Waals surface area contributed by atoms with E-state index < -0.39 is 6.10 Å². The number of amides is 1. The molecule has 1 N–H and O–H groups in total. The highest BCUT2D eigenvalue weighted by atomic mass is 16.5. The summed E-state index contributed by atoms with van der Waals surface area (Å²) in [6.07, 6.45) is 1.17. The van der Waals surface area contributed by atoms with Crippen molar-refractivity contribution < 1.29 is 19.1 Å². The van der Waals surface area contributed by atoms with Crippen LogP contribution in [-0.4, -0.2) is 24.6 Å². The van der Waals surface area contributed by atoms with Gasteiger partial charge in [0.25, 0.3) is 5.91 Å². The van der Waals surface area contributed by atoms with Crippen LogP contribution in [0.5, 0.6) is 5.75 Å². The Labute approximate surface area is 160 Å². The van der Waals surface area contributed by atoms with Crippen LogP contribution in [0.3, 0.4) is 0 Å². The van der Waals surface area contributed by atoms with Crippen molar-refractivity contribution in [3.05, 3.63) is 59.2 Å². The summed E-state index contributed by atoms with van der Waals surface area (Å²) in [4.78, 5) is 24.3. The number of ether oxygens (including phenoxy) is 2. The maximum absolute atomic E-state index is 12.4. The molecule has 2 aromatic carbocycles. The highest BCUT2D eigenvalue weighted by Crippen LogP contribution is 2.21. The Hall–Kier alpha value is -2.82. The summed E-state index contributed by atoms with van der Waals surface area (Å²) in [5, 5.41) is 2.80. The zero-order valence-corrected chi connectivity index (χ0v) is 16.4. The van der Waals surface area contributed by atoms with Crippen molar-refractivity contribution in [1.82, 2.24) is 0 Å². The monoisotopic (exact) mass is 369 g/mol. The standard InChI is InChI=1S/C22H27NO4/c1-5-6-13-26-22(25)18-9-11-19(12-10-18)23-21(24)17(4)27-20-14-15(2)7-8-16(20)3/h7-12,14,17H,5-6,13H2,1-4H3,(H,23,24)/t17-/m0/s1. The van der Waals surface area contributed by atoms with E-state index in [0.29, 0.717) is 23.6 Å². The molecule has 0 heterocycles. The molecule has 144 valence electrons. The molecule has 2 aromatic rings. The largest absolute Gasteiger partial charge is 0.481 e. The number of anilines is 1. The smallest absolute Gasteiger partial charge is 0.338 e. The summed E-state index contributed by atoms with van der Waals surface area (Å²) in [5.74, 6) is 0.0879. The van der Waals surface area contributed by atoms with Crippen LogP contribution < -0.4 is 10.1 Å². The molecule has 0 radical (unpaired) electrons. The summed E-state index contributed by atoms with van der Waals surface area (Å²) in [5.41, 5.74) is 3.11. The average molecular weight is 369 g/mol. The van der Waals surface area contributed by atoms with Crippen molar-refractivity contribution in [1.29, 1.82) is 0 Å². The Morgan fingerprint density at radius 1 is 1.07 bits per heavy atom. The molecular formula is C22H27NO4. The number of nitrogens with one attached hydrogen (secondary N) is 1. The molecule has 0 aliphatic rings. The van der Waals surface area contributed by atoms with Crippen molar-refractivity contribution in [2.45, 2.75) is 46.6 Å². The van der Waals surface area contributed by atoms with E-state index >= 15 is 0 Å². The second-order valence-corrected chi connectivity index (χ2v) is 6.59. The number of carbonyl (C=O) groups is 2. The molecule has 27 heavy (non-hydrogen) atoms. The highest BCUT2D eigenvalue weighted by Gasteiger charge is 2.16. The van der Waals surface area contributed by atoms with Crippen LogP contribution in [0.25, 0.3) is 0 Å². The summed E-state index contributed by atoms with van der Waals surface area (Å²) in [6.45, 7) is 8.08. The lowest BCUT2D eigenvalue weighted by molar-refractivity contribution is -0.122. The maximum atomic E-state index is 12.4. The first kappa shape index (κ1) is 20.5. The first-order valence-electron chi connectivity index (χ1n) is 9.22. The Morgan fingerprint density at radius 2 is 1.78 bits per heavy atom. The van der Waals surface area contributed by atoms with Crippen molar-refractivity contribution in [2.24, 2.45) is 0 Å². The first-order valence-corrected chi connectivity index (χ1v) is 9.22. The van der Waals surface area contributed by atoms with Crippen LogP contribution >= 0.6 is 0 Å². The fraction of sp³-hybridized carbons (Fsp3) is 0.364. The van der Waals surface area contributed by atoms with Gasteiger partial charge in [0.1, 0.15) is 5.75 Å². The molecule has 0 aromatic heterocycles. The number of esters is 1. The van der Waals surface area contributed by atoms with Gasteiger partial charge in [-0.05, 0) is 68.7 Å². The van der Waals surface area contributed by atoms with Gasteiger partial charge >= 0.3 is 5.97 Å². The molecule has 5 nitrogen and oxygen atoms in total. The van der Waals surface area contributed by atoms with Gasteiger partial charge in [0.05, 0.1) is 12.2 Å². The van der Waals surface area contributed by atoms with E-state index in [4.69, 9.17) is 9.47 Å². The maximum Gasteiger partial charge on any atom is 0.338 e. The number of aryl methyl sites for hydroxylation is 2. The molecule has 2 rings (SSSR count). The van der Waals surface area contributed by atoms with E-state index in [1.807, 2.05) is 39.0 Å². The quantitative estimate of drug-likeness (QED) is 0.543. The third kappa shape index (κ3) is 6.13. The van der Waals surface area contributed by atoms with Crippen molar-refractivity contribution >= 4 is 17.6 Å². The lowest BCUT2D eigenvalue weighted by Gasteiger charge is -2.17. The number of carbonyl (C=O) groups excluding carboxylic acids is 2. The zero-order valence-electron chi connectivity index (χ0n) is 16.4. The van der Waals surface area contributed by atoms with Crippen molar-refractivity contribution in [3.63, 3.8) is 0 Å². The minimum absolute atomic E-state index is 0.255. The molecular weight excluding hydrogens is 342 g/mol. The molecule has 0 bridgehead atoms. The van der Waals surface area contributed by atoms with E-state index in [-0.39, 0.29) is 11.9 Å². The van der Waals surface area contributed by atoms with Crippen LogP contribution in [0, 0.1) is 13.8 Å². The predicted molar refractivity (Wildman–Crippen MR) is 106 cm³/mol. The lowest BCUT2D eigenvalue weighted by atomic mass is 10.1. The van der Waals surface area contributed by atoms with Crippen LogP contribution in [-0.2, 0) is 9.53 Å². The van der Waals surface area contributed by atoms with Crippen LogP contribution in [0.15, 0.2) is 42.5 Å². The molecule has 0 fully saturated rings. The van der Waals surface area contributed by atoms with Gasteiger partial charge in [-0.1, -0.05) is 25.5 Å². The Bertz CT molecular complexity index is 783. The second-order valence-electron chi connectivity index (χ2n) is 6.59. The van der Waals surface area contributed by atoms with Crippen molar-refractivity contribution in [2.75, 3.05) is 11.9 Å². The molecule has 0 saturated heterocycles. The second kappa shape index (κ2) is 9.76.